The van der Waals surface area contributed by atoms with Crippen molar-refractivity contribution in [3.63, 3.8) is 0 Å². The van der Waals surface area contributed by atoms with Crippen LogP contribution in [0, 0.1) is 0 Å². The van der Waals surface area contributed by atoms with Crippen molar-refractivity contribution in [1.82, 2.24) is 10.2 Å². The molecule has 1 unspecified atom stereocenters. The average molecular weight is 278 g/mol. The lowest BCUT2D eigenvalue weighted by Crippen LogP contribution is -2.45. The highest BCUT2D eigenvalue weighted by molar-refractivity contribution is 7.11. The van der Waals surface area contributed by atoms with Crippen molar-refractivity contribution in [3.8, 4) is 0 Å². The van der Waals surface area contributed by atoms with Crippen LogP contribution >= 0.6 is 11.3 Å². The molecule has 1 aromatic rings. The fourth-order valence-corrected chi connectivity index (χ4v) is 4.16. The number of ether oxygens (including phenoxy) is 2. The SMILES string of the molecule is COC1OC(c2cccs2)=CN1[C@@H]1C[C@H]2CC[C@@H]1N2. The number of nitrogens with zero attached hydrogens (tertiary/aromatic N) is 1. The van der Waals surface area contributed by atoms with E-state index in [1.807, 2.05) is 6.07 Å². The molecule has 0 amide bonds. The number of nitrogens with one attached hydrogen (secondary N) is 1. The molecule has 0 saturated carbocycles. The normalized spacial score (nSPS) is 36.7. The zero-order valence-electron chi connectivity index (χ0n) is 10.9. The molecule has 1 aromatic heterocycles. The predicted octanol–water partition coefficient (Wildman–Crippen LogP) is 2.20. The highest BCUT2D eigenvalue weighted by Crippen LogP contribution is 2.38. The molecular formula is C14H18N2O2S. The molecule has 2 saturated heterocycles. The van der Waals surface area contributed by atoms with Crippen molar-refractivity contribution in [1.29, 1.82) is 0 Å². The van der Waals surface area contributed by atoms with Crippen molar-refractivity contribution in [2.24, 2.45) is 0 Å². The number of hydrogen-bond donors (Lipinski definition) is 1. The molecule has 0 aliphatic carbocycles. The Labute approximate surface area is 117 Å². The van der Waals surface area contributed by atoms with Gasteiger partial charge in [0.25, 0.3) is 6.41 Å². The Hall–Kier alpha value is -1.04. The molecule has 19 heavy (non-hydrogen) atoms. The maximum atomic E-state index is 5.94. The fraction of sp³-hybridized carbons (Fsp3) is 0.571. The molecule has 5 heteroatoms. The fourth-order valence-electron chi connectivity index (χ4n) is 3.48. The molecule has 4 atom stereocenters. The van der Waals surface area contributed by atoms with Gasteiger partial charge in [-0.15, -0.1) is 11.3 Å². The second-order valence-corrected chi connectivity index (χ2v) is 6.38. The van der Waals surface area contributed by atoms with E-state index in [0.717, 1.165) is 5.76 Å². The van der Waals surface area contributed by atoms with Crippen molar-refractivity contribution in [3.05, 3.63) is 28.6 Å². The van der Waals surface area contributed by atoms with Crippen LogP contribution in [0.25, 0.3) is 5.76 Å². The van der Waals surface area contributed by atoms with Gasteiger partial charge in [-0.2, -0.15) is 0 Å². The first-order valence-corrected chi connectivity index (χ1v) is 7.72. The van der Waals surface area contributed by atoms with Crippen molar-refractivity contribution in [2.45, 2.75) is 43.8 Å². The topological polar surface area (TPSA) is 33.7 Å². The van der Waals surface area contributed by atoms with Crippen LogP contribution in [0.2, 0.25) is 0 Å². The van der Waals surface area contributed by atoms with Crippen LogP contribution in [0.5, 0.6) is 0 Å². The van der Waals surface area contributed by atoms with E-state index in [0.29, 0.717) is 18.1 Å². The Balaban J connectivity index is 1.59. The smallest absolute Gasteiger partial charge is 0.283 e. The van der Waals surface area contributed by atoms with Gasteiger partial charge < -0.3 is 19.7 Å². The van der Waals surface area contributed by atoms with Gasteiger partial charge >= 0.3 is 0 Å². The van der Waals surface area contributed by atoms with Crippen LogP contribution in [0.1, 0.15) is 24.1 Å². The monoisotopic (exact) mass is 278 g/mol. The summed E-state index contributed by atoms with van der Waals surface area (Å²) in [6.45, 7) is 0. The highest BCUT2D eigenvalue weighted by atomic mass is 32.1. The average Bonchev–Trinajstić information content (AvgIpc) is 3.19. The number of methoxy groups -OCH3 is 1. The van der Waals surface area contributed by atoms with E-state index in [4.69, 9.17) is 9.47 Å². The summed E-state index contributed by atoms with van der Waals surface area (Å²) in [5, 5.41) is 5.74. The molecule has 4 nitrogen and oxygen atoms in total. The minimum absolute atomic E-state index is 0.275. The van der Waals surface area contributed by atoms with E-state index in [2.05, 4.69) is 27.9 Å². The Morgan fingerprint density at radius 2 is 2.42 bits per heavy atom. The van der Waals surface area contributed by atoms with Gasteiger partial charge in [-0.05, 0) is 30.7 Å². The van der Waals surface area contributed by atoms with Crippen LogP contribution in [0.15, 0.2) is 23.7 Å². The summed E-state index contributed by atoms with van der Waals surface area (Å²) >= 11 is 1.70. The van der Waals surface area contributed by atoms with Gasteiger partial charge in [0.2, 0.25) is 0 Å². The third-order valence-corrected chi connectivity index (χ3v) is 5.24. The Kier molecular flexibility index (Phi) is 2.79. The summed E-state index contributed by atoms with van der Waals surface area (Å²) in [4.78, 5) is 3.42. The number of fused-ring (bicyclic) bond motifs is 2. The van der Waals surface area contributed by atoms with Gasteiger partial charge in [0.1, 0.15) is 0 Å². The van der Waals surface area contributed by atoms with Gasteiger partial charge in [-0.25, -0.2) is 0 Å². The van der Waals surface area contributed by atoms with Crippen LogP contribution in [-0.4, -0.2) is 36.5 Å². The predicted molar refractivity (Wildman–Crippen MR) is 74.4 cm³/mol. The molecule has 1 N–H and O–H groups in total. The number of rotatable bonds is 3. The zero-order valence-corrected chi connectivity index (χ0v) is 11.7. The van der Waals surface area contributed by atoms with E-state index in [1.54, 1.807) is 18.4 Å². The molecule has 0 spiro atoms. The molecule has 4 heterocycles. The zero-order chi connectivity index (χ0) is 12.8. The summed E-state index contributed by atoms with van der Waals surface area (Å²) in [5.41, 5.74) is 0. The van der Waals surface area contributed by atoms with Gasteiger partial charge in [0, 0.05) is 25.4 Å². The van der Waals surface area contributed by atoms with Crippen LogP contribution in [0.4, 0.5) is 0 Å². The van der Waals surface area contributed by atoms with Gasteiger partial charge in [0.05, 0.1) is 10.9 Å². The van der Waals surface area contributed by atoms with Gasteiger partial charge in [-0.1, -0.05) is 6.07 Å². The number of thiophene rings is 1. The first-order chi connectivity index (χ1) is 9.35. The quantitative estimate of drug-likeness (QED) is 0.919. The third kappa shape index (κ3) is 1.88. The highest BCUT2D eigenvalue weighted by Gasteiger charge is 2.45. The molecule has 0 radical (unpaired) electrons. The van der Waals surface area contributed by atoms with Crippen molar-refractivity contribution in [2.75, 3.05) is 7.11 Å². The molecule has 3 aliphatic rings. The third-order valence-electron chi connectivity index (χ3n) is 4.35. The van der Waals surface area contributed by atoms with Crippen molar-refractivity contribution < 1.29 is 9.47 Å². The van der Waals surface area contributed by atoms with Crippen LogP contribution in [-0.2, 0) is 9.47 Å². The van der Waals surface area contributed by atoms with E-state index in [-0.39, 0.29) is 6.41 Å². The largest absolute Gasteiger partial charge is 0.444 e. The molecule has 2 fully saturated rings. The summed E-state index contributed by atoms with van der Waals surface area (Å²) in [5.74, 6) is 0.935. The van der Waals surface area contributed by atoms with E-state index >= 15 is 0 Å². The summed E-state index contributed by atoms with van der Waals surface area (Å²) in [7, 11) is 1.71. The Morgan fingerprint density at radius 1 is 1.47 bits per heavy atom. The lowest BCUT2D eigenvalue weighted by Gasteiger charge is -2.32. The minimum atomic E-state index is -0.275. The second-order valence-electron chi connectivity index (χ2n) is 5.43. The van der Waals surface area contributed by atoms with E-state index in [1.165, 1.54) is 24.1 Å². The lowest BCUT2D eigenvalue weighted by molar-refractivity contribution is -0.152. The molecule has 2 bridgehead atoms. The van der Waals surface area contributed by atoms with E-state index < -0.39 is 0 Å². The van der Waals surface area contributed by atoms with Crippen molar-refractivity contribution >= 4 is 17.1 Å². The summed E-state index contributed by atoms with van der Waals surface area (Å²) in [6, 6.07) is 5.91. The molecule has 0 aromatic carbocycles. The first kappa shape index (κ1) is 11.8. The Morgan fingerprint density at radius 3 is 3.05 bits per heavy atom. The molecule has 4 rings (SSSR count). The number of hydrogen-bond acceptors (Lipinski definition) is 5. The van der Waals surface area contributed by atoms with Gasteiger partial charge in [0.15, 0.2) is 5.76 Å². The summed E-state index contributed by atoms with van der Waals surface area (Å²) in [6.07, 6.45) is 5.64. The maximum Gasteiger partial charge on any atom is 0.283 e. The lowest BCUT2D eigenvalue weighted by atomic mass is 9.94. The Bertz CT molecular complexity index is 488. The standard InChI is InChI=1S/C14H18N2O2S/c1-17-14-16(11-7-9-4-5-10(11)15-9)8-12(18-14)13-3-2-6-19-13/h2-3,6,8-11,14-15H,4-5,7H2,1H3/t9-,10+,11-,14?/m1/s1. The minimum Gasteiger partial charge on any atom is -0.444 e. The molecular weight excluding hydrogens is 260 g/mol. The first-order valence-electron chi connectivity index (χ1n) is 6.84. The second kappa shape index (κ2) is 4.51. The molecule has 102 valence electrons. The summed E-state index contributed by atoms with van der Waals surface area (Å²) < 4.78 is 11.4. The van der Waals surface area contributed by atoms with Gasteiger partial charge in [-0.3, -0.25) is 0 Å². The van der Waals surface area contributed by atoms with Crippen LogP contribution in [0.3, 0.4) is 0 Å². The van der Waals surface area contributed by atoms with Crippen LogP contribution < -0.4 is 5.32 Å². The molecule has 3 aliphatic heterocycles. The van der Waals surface area contributed by atoms with E-state index in [9.17, 15) is 0 Å². The maximum absolute atomic E-state index is 5.94.